The van der Waals surface area contributed by atoms with E-state index in [2.05, 4.69) is 10.2 Å². The summed E-state index contributed by atoms with van der Waals surface area (Å²) >= 11 is 12.3. The molecule has 2 aromatic carbocycles. The monoisotopic (exact) mass is 406 g/mol. The third-order valence-corrected chi connectivity index (χ3v) is 5.09. The highest BCUT2D eigenvalue weighted by molar-refractivity contribution is 6.42. The minimum Gasteiger partial charge on any atom is -0.419 e. The summed E-state index contributed by atoms with van der Waals surface area (Å²) in [6.45, 7) is 2.49. The summed E-state index contributed by atoms with van der Waals surface area (Å²) in [6.07, 6.45) is 0. The second-order valence-corrected chi connectivity index (χ2v) is 6.84. The van der Waals surface area contributed by atoms with Crippen LogP contribution in [0.5, 0.6) is 0 Å². The molecule has 0 saturated heterocycles. The van der Waals surface area contributed by atoms with Crippen LogP contribution in [0.1, 0.15) is 24.4 Å². The van der Waals surface area contributed by atoms with Crippen LogP contribution in [0, 0.1) is 10.1 Å². The molecule has 7 nitrogen and oxygen atoms in total. The number of nitro groups is 1. The van der Waals surface area contributed by atoms with Crippen LogP contribution in [0.4, 0.5) is 5.69 Å². The van der Waals surface area contributed by atoms with Crippen molar-refractivity contribution < 1.29 is 9.34 Å². The standard InChI is InChI=1S/C18H16Cl2N4O3/c1-11(23(2)10-13-4-3-5-15(19)16(13)20)17-21-22-18(27-17)12-6-8-14(9-7-12)24(25)26/h3-9,11H,10H2,1-2H3. The Morgan fingerprint density at radius 1 is 1.19 bits per heavy atom. The largest absolute Gasteiger partial charge is 0.419 e. The summed E-state index contributed by atoms with van der Waals surface area (Å²) in [4.78, 5) is 12.3. The van der Waals surface area contributed by atoms with E-state index in [1.54, 1.807) is 18.2 Å². The van der Waals surface area contributed by atoms with Crippen molar-refractivity contribution >= 4 is 28.9 Å². The lowest BCUT2D eigenvalue weighted by molar-refractivity contribution is -0.384. The number of non-ortho nitro benzene ring substituents is 1. The second kappa shape index (κ2) is 8.04. The van der Waals surface area contributed by atoms with E-state index in [-0.39, 0.29) is 11.7 Å². The van der Waals surface area contributed by atoms with Crippen LogP contribution < -0.4 is 0 Å². The molecular formula is C18H16Cl2N4O3. The van der Waals surface area contributed by atoms with Gasteiger partial charge < -0.3 is 4.42 Å². The van der Waals surface area contributed by atoms with Crippen molar-refractivity contribution in [2.75, 3.05) is 7.05 Å². The number of rotatable bonds is 6. The SMILES string of the molecule is CC(c1nnc(-c2ccc([N+](=O)[O-])cc2)o1)N(C)Cc1cccc(Cl)c1Cl. The summed E-state index contributed by atoms with van der Waals surface area (Å²) in [5, 5.41) is 19.9. The molecule has 0 N–H and O–H groups in total. The van der Waals surface area contributed by atoms with Gasteiger partial charge >= 0.3 is 0 Å². The van der Waals surface area contributed by atoms with E-state index < -0.39 is 4.92 Å². The number of hydrogen-bond donors (Lipinski definition) is 0. The molecule has 0 saturated carbocycles. The van der Waals surface area contributed by atoms with Crippen molar-refractivity contribution in [3.05, 3.63) is 74.1 Å². The van der Waals surface area contributed by atoms with Gasteiger partial charge in [0.25, 0.3) is 5.69 Å². The van der Waals surface area contributed by atoms with E-state index in [0.29, 0.717) is 33.9 Å². The molecule has 0 aliphatic heterocycles. The average molecular weight is 407 g/mol. The van der Waals surface area contributed by atoms with E-state index >= 15 is 0 Å². The Morgan fingerprint density at radius 3 is 2.56 bits per heavy atom. The Labute approximate surface area is 165 Å². The summed E-state index contributed by atoms with van der Waals surface area (Å²) in [7, 11) is 1.91. The van der Waals surface area contributed by atoms with E-state index in [1.165, 1.54) is 12.1 Å². The smallest absolute Gasteiger partial charge is 0.269 e. The first-order valence-corrected chi connectivity index (χ1v) is 8.83. The number of hydrogen-bond acceptors (Lipinski definition) is 6. The molecule has 140 valence electrons. The molecule has 1 atom stereocenters. The predicted octanol–water partition coefficient (Wildman–Crippen LogP) is 5.14. The van der Waals surface area contributed by atoms with Crippen molar-refractivity contribution in [3.8, 4) is 11.5 Å². The first kappa shape index (κ1) is 19.3. The lowest BCUT2D eigenvalue weighted by Crippen LogP contribution is -2.22. The Morgan fingerprint density at radius 2 is 1.89 bits per heavy atom. The maximum absolute atomic E-state index is 10.7. The highest BCUT2D eigenvalue weighted by atomic mass is 35.5. The fraction of sp³-hybridized carbons (Fsp3) is 0.222. The van der Waals surface area contributed by atoms with Crippen LogP contribution in [0.2, 0.25) is 10.0 Å². The van der Waals surface area contributed by atoms with Gasteiger partial charge in [-0.15, -0.1) is 10.2 Å². The van der Waals surface area contributed by atoms with E-state index in [0.717, 1.165) is 5.56 Å². The second-order valence-electron chi connectivity index (χ2n) is 6.05. The van der Waals surface area contributed by atoms with Crippen LogP contribution >= 0.6 is 23.2 Å². The molecule has 1 aromatic heterocycles. The maximum Gasteiger partial charge on any atom is 0.269 e. The zero-order valence-corrected chi connectivity index (χ0v) is 16.1. The van der Waals surface area contributed by atoms with Gasteiger partial charge in [-0.25, -0.2) is 0 Å². The molecular weight excluding hydrogens is 391 g/mol. The summed E-state index contributed by atoms with van der Waals surface area (Å²) < 4.78 is 5.75. The molecule has 1 unspecified atom stereocenters. The number of aromatic nitrogens is 2. The van der Waals surface area contributed by atoms with Gasteiger partial charge in [0, 0.05) is 24.2 Å². The highest BCUT2D eigenvalue weighted by Crippen LogP contribution is 2.29. The fourth-order valence-corrected chi connectivity index (χ4v) is 2.89. The van der Waals surface area contributed by atoms with Gasteiger partial charge in [-0.05, 0) is 37.7 Å². The van der Waals surface area contributed by atoms with Crippen molar-refractivity contribution in [2.45, 2.75) is 19.5 Å². The Balaban J connectivity index is 1.75. The van der Waals surface area contributed by atoms with Crippen molar-refractivity contribution in [2.24, 2.45) is 0 Å². The fourth-order valence-electron chi connectivity index (χ4n) is 2.51. The van der Waals surface area contributed by atoms with Crippen molar-refractivity contribution in [1.29, 1.82) is 0 Å². The molecule has 0 bridgehead atoms. The van der Waals surface area contributed by atoms with Crippen LogP contribution in [-0.4, -0.2) is 27.1 Å². The molecule has 0 aliphatic carbocycles. The highest BCUT2D eigenvalue weighted by Gasteiger charge is 2.20. The van der Waals surface area contributed by atoms with Crippen molar-refractivity contribution in [1.82, 2.24) is 15.1 Å². The number of nitro benzene ring substituents is 1. The lowest BCUT2D eigenvalue weighted by atomic mass is 10.2. The summed E-state index contributed by atoms with van der Waals surface area (Å²) in [5.41, 5.74) is 1.52. The average Bonchev–Trinajstić information content (AvgIpc) is 3.15. The molecule has 9 heteroatoms. The number of benzene rings is 2. The Bertz CT molecular complexity index is 959. The molecule has 0 aliphatic rings. The molecule has 0 amide bonds. The van der Waals surface area contributed by atoms with E-state index in [4.69, 9.17) is 27.6 Å². The van der Waals surface area contributed by atoms with Gasteiger partial charge in [0.05, 0.1) is 21.0 Å². The number of halogens is 2. The zero-order valence-electron chi connectivity index (χ0n) is 14.6. The van der Waals surface area contributed by atoms with Crippen LogP contribution in [0.15, 0.2) is 46.9 Å². The summed E-state index contributed by atoms with van der Waals surface area (Å²) in [6, 6.07) is 11.3. The normalized spacial score (nSPS) is 12.3. The molecule has 1 heterocycles. The van der Waals surface area contributed by atoms with E-state index in [1.807, 2.05) is 31.0 Å². The molecule has 3 rings (SSSR count). The summed E-state index contributed by atoms with van der Waals surface area (Å²) in [5.74, 6) is 0.741. The minimum absolute atomic E-state index is 0.00462. The van der Waals surface area contributed by atoms with Gasteiger partial charge in [0.15, 0.2) is 0 Å². The Hall–Kier alpha value is -2.48. The topological polar surface area (TPSA) is 85.3 Å². The van der Waals surface area contributed by atoms with Gasteiger partial charge in [-0.3, -0.25) is 15.0 Å². The molecule has 0 radical (unpaired) electrons. The third kappa shape index (κ3) is 4.27. The number of nitrogens with zero attached hydrogens (tertiary/aromatic N) is 4. The first-order chi connectivity index (χ1) is 12.9. The van der Waals surface area contributed by atoms with Gasteiger partial charge in [-0.1, -0.05) is 35.3 Å². The molecule has 27 heavy (non-hydrogen) atoms. The predicted molar refractivity (Wildman–Crippen MR) is 103 cm³/mol. The lowest BCUT2D eigenvalue weighted by Gasteiger charge is -2.22. The van der Waals surface area contributed by atoms with Gasteiger partial charge in [0.1, 0.15) is 0 Å². The zero-order chi connectivity index (χ0) is 19.6. The third-order valence-electron chi connectivity index (χ3n) is 4.24. The maximum atomic E-state index is 10.7. The molecule has 3 aromatic rings. The van der Waals surface area contributed by atoms with Crippen molar-refractivity contribution in [3.63, 3.8) is 0 Å². The minimum atomic E-state index is -0.457. The molecule has 0 fully saturated rings. The Kier molecular flexibility index (Phi) is 5.74. The molecule has 0 spiro atoms. The van der Waals surface area contributed by atoms with Gasteiger partial charge in [-0.2, -0.15) is 0 Å². The van der Waals surface area contributed by atoms with Gasteiger partial charge in [0.2, 0.25) is 11.8 Å². The van der Waals surface area contributed by atoms with Crippen LogP contribution in [0.3, 0.4) is 0 Å². The first-order valence-electron chi connectivity index (χ1n) is 8.08. The quantitative estimate of drug-likeness (QED) is 0.415. The van der Waals surface area contributed by atoms with Crippen LogP contribution in [-0.2, 0) is 6.54 Å². The van der Waals surface area contributed by atoms with E-state index in [9.17, 15) is 10.1 Å². The van der Waals surface area contributed by atoms with Crippen LogP contribution in [0.25, 0.3) is 11.5 Å².